The highest BCUT2D eigenvalue weighted by molar-refractivity contribution is 5.80. The van der Waals surface area contributed by atoms with Crippen LogP contribution >= 0.6 is 0 Å². The summed E-state index contributed by atoms with van der Waals surface area (Å²) in [4.78, 5) is 23.2. The van der Waals surface area contributed by atoms with Gasteiger partial charge in [-0.1, -0.05) is 25.7 Å². The van der Waals surface area contributed by atoms with E-state index in [0.717, 1.165) is 12.8 Å². The van der Waals surface area contributed by atoms with Gasteiger partial charge >= 0.3 is 12.1 Å². The van der Waals surface area contributed by atoms with E-state index < -0.39 is 23.1 Å². The average Bonchev–Trinajstić information content (AvgIpc) is 2.80. The van der Waals surface area contributed by atoms with Crippen molar-refractivity contribution in [3.05, 3.63) is 0 Å². The molecule has 0 aromatic rings. The SMILES string of the molecule is CC(C)(C)OC(=O)NCC1(C(=O)O)CC1C1CCCC1. The van der Waals surface area contributed by atoms with Gasteiger partial charge in [0.25, 0.3) is 0 Å². The van der Waals surface area contributed by atoms with Crippen molar-refractivity contribution in [1.82, 2.24) is 5.32 Å². The van der Waals surface area contributed by atoms with Crippen molar-refractivity contribution in [2.45, 2.75) is 58.5 Å². The van der Waals surface area contributed by atoms with Crippen molar-refractivity contribution in [3.63, 3.8) is 0 Å². The van der Waals surface area contributed by atoms with Crippen LogP contribution in [0.1, 0.15) is 52.9 Å². The summed E-state index contributed by atoms with van der Waals surface area (Å²) in [5.74, 6) is -0.0468. The molecule has 0 spiro atoms. The normalized spacial score (nSPS) is 30.1. The van der Waals surface area contributed by atoms with Crippen molar-refractivity contribution in [2.75, 3.05) is 6.54 Å². The number of carboxylic acids is 1. The second kappa shape index (κ2) is 5.26. The van der Waals surface area contributed by atoms with Crippen molar-refractivity contribution in [1.29, 1.82) is 0 Å². The number of alkyl carbamates (subject to hydrolysis) is 1. The van der Waals surface area contributed by atoms with Crippen LogP contribution in [-0.4, -0.2) is 29.3 Å². The summed E-state index contributed by atoms with van der Waals surface area (Å²) < 4.78 is 5.16. The fourth-order valence-electron chi connectivity index (χ4n) is 3.38. The molecule has 1 amide bonds. The summed E-state index contributed by atoms with van der Waals surface area (Å²) in [5, 5.41) is 12.1. The van der Waals surface area contributed by atoms with Crippen molar-refractivity contribution >= 4 is 12.1 Å². The Labute approximate surface area is 120 Å². The maximum Gasteiger partial charge on any atom is 0.407 e. The molecule has 2 saturated carbocycles. The van der Waals surface area contributed by atoms with Crippen LogP contribution in [0.5, 0.6) is 0 Å². The largest absolute Gasteiger partial charge is 0.481 e. The molecule has 0 aromatic carbocycles. The fraction of sp³-hybridized carbons (Fsp3) is 0.867. The Bertz CT molecular complexity index is 395. The maximum absolute atomic E-state index is 11.7. The Morgan fingerprint density at radius 3 is 2.40 bits per heavy atom. The smallest absolute Gasteiger partial charge is 0.407 e. The van der Waals surface area contributed by atoms with E-state index in [9.17, 15) is 14.7 Å². The van der Waals surface area contributed by atoms with E-state index in [1.807, 2.05) is 0 Å². The molecule has 114 valence electrons. The van der Waals surface area contributed by atoms with Gasteiger partial charge in [0.05, 0.1) is 5.41 Å². The van der Waals surface area contributed by atoms with Crippen LogP contribution in [0.3, 0.4) is 0 Å². The lowest BCUT2D eigenvalue weighted by atomic mass is 9.93. The lowest BCUT2D eigenvalue weighted by molar-refractivity contribution is -0.144. The molecule has 2 aliphatic rings. The van der Waals surface area contributed by atoms with Crippen LogP contribution < -0.4 is 5.32 Å². The minimum atomic E-state index is -0.787. The van der Waals surface area contributed by atoms with E-state index in [-0.39, 0.29) is 12.5 Å². The molecule has 2 unspecified atom stereocenters. The van der Waals surface area contributed by atoms with Gasteiger partial charge < -0.3 is 15.2 Å². The van der Waals surface area contributed by atoms with E-state index in [1.165, 1.54) is 12.8 Å². The number of rotatable bonds is 4. The molecule has 2 fully saturated rings. The van der Waals surface area contributed by atoms with Gasteiger partial charge in [-0.15, -0.1) is 0 Å². The quantitative estimate of drug-likeness (QED) is 0.832. The monoisotopic (exact) mass is 283 g/mol. The van der Waals surface area contributed by atoms with Crippen LogP contribution in [0, 0.1) is 17.3 Å². The molecule has 2 N–H and O–H groups in total. The first-order chi connectivity index (χ1) is 9.24. The number of nitrogens with one attached hydrogen (secondary N) is 1. The number of hydrogen-bond donors (Lipinski definition) is 2. The van der Waals surface area contributed by atoms with Gasteiger partial charge in [-0.3, -0.25) is 4.79 Å². The summed E-state index contributed by atoms with van der Waals surface area (Å²) in [5.41, 5.74) is -1.32. The number of aliphatic carboxylic acids is 1. The maximum atomic E-state index is 11.7. The molecule has 2 aliphatic carbocycles. The van der Waals surface area contributed by atoms with Crippen LogP contribution in [0.25, 0.3) is 0 Å². The number of ether oxygens (including phenoxy) is 1. The number of carbonyl (C=O) groups is 2. The highest BCUT2D eigenvalue weighted by Gasteiger charge is 2.63. The number of carbonyl (C=O) groups excluding carboxylic acids is 1. The van der Waals surface area contributed by atoms with Crippen molar-refractivity contribution in [2.24, 2.45) is 17.3 Å². The summed E-state index contributed by atoms with van der Waals surface area (Å²) in [6, 6.07) is 0. The third-order valence-electron chi connectivity index (χ3n) is 4.48. The van der Waals surface area contributed by atoms with Gasteiger partial charge in [0.1, 0.15) is 5.60 Å². The minimum Gasteiger partial charge on any atom is -0.481 e. The standard InChI is InChI=1S/C15H25NO4/c1-14(2,3)20-13(19)16-9-15(12(17)18)8-11(15)10-6-4-5-7-10/h10-11H,4-9H2,1-3H3,(H,16,19)(H,17,18). The molecular formula is C15H25NO4. The Balaban J connectivity index is 1.88. The van der Waals surface area contributed by atoms with Gasteiger partial charge in [-0.25, -0.2) is 4.79 Å². The zero-order chi connectivity index (χ0) is 15.0. The lowest BCUT2D eigenvalue weighted by Crippen LogP contribution is -2.39. The molecule has 0 heterocycles. The highest BCUT2D eigenvalue weighted by atomic mass is 16.6. The zero-order valence-electron chi connectivity index (χ0n) is 12.6. The van der Waals surface area contributed by atoms with Gasteiger partial charge in [-0.05, 0) is 39.0 Å². The molecule has 20 heavy (non-hydrogen) atoms. The summed E-state index contributed by atoms with van der Waals surface area (Å²) in [7, 11) is 0. The predicted molar refractivity (Wildman–Crippen MR) is 74.4 cm³/mol. The van der Waals surface area contributed by atoms with Gasteiger partial charge in [-0.2, -0.15) is 0 Å². The van der Waals surface area contributed by atoms with Gasteiger partial charge in [0, 0.05) is 6.54 Å². The van der Waals surface area contributed by atoms with Crippen molar-refractivity contribution < 1.29 is 19.4 Å². The van der Waals surface area contributed by atoms with Crippen LogP contribution in [-0.2, 0) is 9.53 Å². The topological polar surface area (TPSA) is 75.6 Å². The van der Waals surface area contributed by atoms with E-state index in [1.54, 1.807) is 20.8 Å². The van der Waals surface area contributed by atoms with E-state index in [2.05, 4.69) is 5.32 Å². The summed E-state index contributed by atoms with van der Waals surface area (Å²) >= 11 is 0. The Hall–Kier alpha value is -1.26. The predicted octanol–water partition coefficient (Wildman–Crippen LogP) is 2.79. The first-order valence-electron chi connectivity index (χ1n) is 7.45. The number of hydrogen-bond acceptors (Lipinski definition) is 3. The summed E-state index contributed by atoms with van der Waals surface area (Å²) in [6.07, 6.45) is 4.82. The molecule has 0 aliphatic heterocycles. The second-order valence-electron chi connectivity index (χ2n) is 7.17. The third-order valence-corrected chi connectivity index (χ3v) is 4.48. The molecule has 5 heteroatoms. The summed E-state index contributed by atoms with van der Waals surface area (Å²) in [6.45, 7) is 5.55. The van der Waals surface area contributed by atoms with Gasteiger partial charge in [0.15, 0.2) is 0 Å². The Kier molecular flexibility index (Phi) is 3.98. The van der Waals surface area contributed by atoms with E-state index in [4.69, 9.17) is 4.74 Å². The van der Waals surface area contributed by atoms with Crippen molar-refractivity contribution in [3.8, 4) is 0 Å². The Morgan fingerprint density at radius 1 is 1.30 bits per heavy atom. The van der Waals surface area contributed by atoms with Crippen LogP contribution in [0.15, 0.2) is 0 Å². The minimum absolute atomic E-state index is 0.179. The first-order valence-corrected chi connectivity index (χ1v) is 7.45. The molecule has 5 nitrogen and oxygen atoms in total. The molecule has 2 rings (SSSR count). The molecular weight excluding hydrogens is 258 g/mol. The molecule has 0 radical (unpaired) electrons. The van der Waals surface area contributed by atoms with E-state index in [0.29, 0.717) is 12.3 Å². The first kappa shape index (κ1) is 15.1. The third kappa shape index (κ3) is 3.25. The average molecular weight is 283 g/mol. The number of amides is 1. The van der Waals surface area contributed by atoms with Crippen LogP contribution in [0.2, 0.25) is 0 Å². The fourth-order valence-corrected chi connectivity index (χ4v) is 3.38. The molecule has 0 aromatic heterocycles. The molecule has 2 atom stereocenters. The molecule has 0 bridgehead atoms. The highest BCUT2D eigenvalue weighted by Crippen LogP contribution is 2.59. The van der Waals surface area contributed by atoms with Crippen LogP contribution in [0.4, 0.5) is 4.79 Å². The number of carboxylic acid groups (broad SMARTS) is 1. The Morgan fingerprint density at radius 2 is 1.90 bits per heavy atom. The van der Waals surface area contributed by atoms with Gasteiger partial charge in [0.2, 0.25) is 0 Å². The second-order valence-corrected chi connectivity index (χ2v) is 7.17. The lowest BCUT2D eigenvalue weighted by Gasteiger charge is -2.21. The molecule has 0 saturated heterocycles. The van der Waals surface area contributed by atoms with E-state index >= 15 is 0 Å². The zero-order valence-corrected chi connectivity index (χ0v) is 12.6.